The molecule has 2 heterocycles. The normalized spacial score (nSPS) is 15.7. The summed E-state index contributed by atoms with van der Waals surface area (Å²) in [6.45, 7) is 2.00. The summed E-state index contributed by atoms with van der Waals surface area (Å²) < 4.78 is 24.6. The first-order valence-corrected chi connectivity index (χ1v) is 9.90. The highest BCUT2D eigenvalue weighted by Gasteiger charge is 2.26. The van der Waals surface area contributed by atoms with Gasteiger partial charge in [-0.2, -0.15) is 15.5 Å². The maximum absolute atomic E-state index is 14.7. The number of aromatic nitrogens is 4. The van der Waals surface area contributed by atoms with Crippen LogP contribution in [0.3, 0.4) is 0 Å². The van der Waals surface area contributed by atoms with Crippen molar-refractivity contribution in [1.82, 2.24) is 19.6 Å². The Hall–Kier alpha value is -3.66. The number of nitrogens with zero attached hydrogens (tertiary/aromatic N) is 5. The minimum atomic E-state index is -0.412. The van der Waals surface area contributed by atoms with E-state index in [2.05, 4.69) is 10.2 Å². The second-order valence-corrected chi connectivity index (χ2v) is 7.71. The molecule has 1 atom stereocenters. The zero-order valence-corrected chi connectivity index (χ0v) is 16.8. The molecule has 0 saturated heterocycles. The first-order valence-electron chi connectivity index (χ1n) is 9.90. The number of halogens is 1. The van der Waals surface area contributed by atoms with Gasteiger partial charge < -0.3 is 4.74 Å². The minimum absolute atomic E-state index is 0.0902. The highest BCUT2D eigenvalue weighted by atomic mass is 19.1. The SMILES string of the molecule is Cc1cc2cnn(-c3cnn(C)c3)c2cc1O[C@@H]1CCCc2c1ccc(C#N)c2F. The van der Waals surface area contributed by atoms with E-state index in [9.17, 15) is 4.39 Å². The monoisotopic (exact) mass is 401 g/mol. The van der Waals surface area contributed by atoms with Crippen molar-refractivity contribution in [2.45, 2.75) is 32.3 Å². The predicted molar refractivity (Wildman–Crippen MR) is 110 cm³/mol. The number of benzene rings is 2. The van der Waals surface area contributed by atoms with Gasteiger partial charge in [0.2, 0.25) is 0 Å². The lowest BCUT2D eigenvalue weighted by Crippen LogP contribution is -2.17. The van der Waals surface area contributed by atoms with E-state index in [1.165, 1.54) is 0 Å². The van der Waals surface area contributed by atoms with Gasteiger partial charge in [-0.3, -0.25) is 4.68 Å². The molecule has 5 rings (SSSR count). The summed E-state index contributed by atoms with van der Waals surface area (Å²) in [7, 11) is 1.87. The Balaban J connectivity index is 1.55. The molecular weight excluding hydrogens is 381 g/mol. The van der Waals surface area contributed by atoms with Crippen LogP contribution in [-0.4, -0.2) is 19.6 Å². The molecule has 1 aliphatic rings. The van der Waals surface area contributed by atoms with Crippen molar-refractivity contribution in [2.75, 3.05) is 0 Å². The topological polar surface area (TPSA) is 68.7 Å². The van der Waals surface area contributed by atoms with Gasteiger partial charge in [0.25, 0.3) is 0 Å². The molecule has 2 aromatic carbocycles. The number of rotatable bonds is 3. The maximum atomic E-state index is 14.7. The fourth-order valence-electron chi connectivity index (χ4n) is 4.19. The standard InChI is InChI=1S/C23H20FN5O/c1-14-8-16-11-27-29(17-12-26-28(2)13-17)20(16)9-22(14)30-21-5-3-4-19-18(21)7-6-15(10-25)23(19)24/h6-9,11-13,21H,3-5H2,1-2H3/t21-/m1/s1. The Morgan fingerprint density at radius 1 is 1.23 bits per heavy atom. The molecule has 0 saturated carbocycles. The van der Waals surface area contributed by atoms with Crippen LogP contribution in [0, 0.1) is 24.1 Å². The van der Waals surface area contributed by atoms with Gasteiger partial charge in [0.1, 0.15) is 29.4 Å². The Morgan fingerprint density at radius 2 is 2.10 bits per heavy atom. The summed E-state index contributed by atoms with van der Waals surface area (Å²) in [6.07, 6.45) is 7.49. The quantitative estimate of drug-likeness (QED) is 0.506. The molecule has 0 bridgehead atoms. The fraction of sp³-hybridized carbons (Fsp3) is 0.261. The van der Waals surface area contributed by atoms with Gasteiger partial charge in [-0.15, -0.1) is 0 Å². The highest BCUT2D eigenvalue weighted by molar-refractivity contribution is 5.83. The molecule has 1 aliphatic carbocycles. The molecule has 7 heteroatoms. The van der Waals surface area contributed by atoms with Gasteiger partial charge in [0.15, 0.2) is 0 Å². The van der Waals surface area contributed by atoms with Crippen molar-refractivity contribution in [3.05, 3.63) is 70.9 Å². The molecule has 4 aromatic rings. The predicted octanol–water partition coefficient (Wildman–Crippen LogP) is 4.53. The average Bonchev–Trinajstić information content (AvgIpc) is 3.34. The number of aryl methyl sites for hydroxylation is 2. The van der Waals surface area contributed by atoms with Gasteiger partial charge in [-0.05, 0) is 55.0 Å². The van der Waals surface area contributed by atoms with Gasteiger partial charge in [-0.25, -0.2) is 9.07 Å². The average molecular weight is 401 g/mol. The van der Waals surface area contributed by atoms with Crippen LogP contribution in [0.15, 0.2) is 42.9 Å². The van der Waals surface area contributed by atoms with Crippen molar-refractivity contribution >= 4 is 10.9 Å². The third-order valence-electron chi connectivity index (χ3n) is 5.71. The van der Waals surface area contributed by atoms with E-state index >= 15 is 0 Å². The number of nitriles is 1. The third-order valence-corrected chi connectivity index (χ3v) is 5.71. The van der Waals surface area contributed by atoms with Crippen LogP contribution < -0.4 is 4.74 Å². The molecule has 30 heavy (non-hydrogen) atoms. The van der Waals surface area contributed by atoms with Crippen molar-refractivity contribution in [2.24, 2.45) is 7.05 Å². The summed E-state index contributed by atoms with van der Waals surface area (Å²) in [5.74, 6) is 0.334. The Kier molecular flexibility index (Phi) is 4.28. The summed E-state index contributed by atoms with van der Waals surface area (Å²) in [4.78, 5) is 0. The van der Waals surface area contributed by atoms with E-state index < -0.39 is 5.82 Å². The zero-order chi connectivity index (χ0) is 20.8. The van der Waals surface area contributed by atoms with Gasteiger partial charge in [0.05, 0.1) is 29.7 Å². The smallest absolute Gasteiger partial charge is 0.144 e. The Labute approximate surface area is 173 Å². The second kappa shape index (κ2) is 6.99. The van der Waals surface area contributed by atoms with Crippen molar-refractivity contribution in [3.8, 4) is 17.5 Å². The summed E-state index contributed by atoms with van der Waals surface area (Å²) in [5, 5.41) is 18.9. The summed E-state index contributed by atoms with van der Waals surface area (Å²) in [5.41, 5.74) is 4.31. The molecule has 150 valence electrons. The minimum Gasteiger partial charge on any atom is -0.485 e. The largest absolute Gasteiger partial charge is 0.485 e. The Morgan fingerprint density at radius 3 is 2.87 bits per heavy atom. The molecule has 0 radical (unpaired) electrons. The number of fused-ring (bicyclic) bond motifs is 2. The Bertz CT molecular complexity index is 1310. The lowest BCUT2D eigenvalue weighted by molar-refractivity contribution is 0.181. The zero-order valence-electron chi connectivity index (χ0n) is 16.8. The van der Waals surface area contributed by atoms with Gasteiger partial charge in [0, 0.05) is 18.5 Å². The van der Waals surface area contributed by atoms with Crippen LogP contribution in [0.1, 0.15) is 41.2 Å². The molecule has 0 unspecified atom stereocenters. The molecule has 0 fully saturated rings. The highest BCUT2D eigenvalue weighted by Crippen LogP contribution is 2.37. The second-order valence-electron chi connectivity index (χ2n) is 7.71. The third kappa shape index (κ3) is 2.92. The molecule has 0 spiro atoms. The van der Waals surface area contributed by atoms with E-state index in [-0.39, 0.29) is 11.7 Å². The first kappa shape index (κ1) is 18.4. The van der Waals surface area contributed by atoms with Gasteiger partial charge in [-0.1, -0.05) is 6.07 Å². The lowest BCUT2D eigenvalue weighted by Gasteiger charge is -2.27. The molecule has 0 aliphatic heterocycles. The number of ether oxygens (including phenoxy) is 1. The van der Waals surface area contributed by atoms with E-state index in [1.54, 1.807) is 16.9 Å². The van der Waals surface area contributed by atoms with Crippen LogP contribution in [0.5, 0.6) is 5.75 Å². The summed E-state index contributed by atoms with van der Waals surface area (Å²) >= 11 is 0. The maximum Gasteiger partial charge on any atom is 0.144 e. The first-order chi connectivity index (χ1) is 14.5. The molecule has 6 nitrogen and oxygen atoms in total. The van der Waals surface area contributed by atoms with Crippen LogP contribution >= 0.6 is 0 Å². The molecule has 0 N–H and O–H groups in total. The number of hydrogen-bond acceptors (Lipinski definition) is 4. The molecule has 0 amide bonds. The van der Waals surface area contributed by atoms with Crippen molar-refractivity contribution in [3.63, 3.8) is 0 Å². The van der Waals surface area contributed by atoms with Crippen LogP contribution in [0.4, 0.5) is 4.39 Å². The number of hydrogen-bond donors (Lipinski definition) is 0. The van der Waals surface area contributed by atoms with Crippen molar-refractivity contribution < 1.29 is 9.13 Å². The summed E-state index contributed by atoms with van der Waals surface area (Å²) in [6, 6.07) is 9.33. The van der Waals surface area contributed by atoms with Crippen LogP contribution in [-0.2, 0) is 13.5 Å². The van der Waals surface area contributed by atoms with E-state index in [4.69, 9.17) is 10.00 Å². The van der Waals surface area contributed by atoms with Crippen LogP contribution in [0.25, 0.3) is 16.6 Å². The van der Waals surface area contributed by atoms with Gasteiger partial charge >= 0.3 is 0 Å². The van der Waals surface area contributed by atoms with E-state index in [1.807, 2.05) is 55.3 Å². The van der Waals surface area contributed by atoms with E-state index in [0.29, 0.717) is 12.0 Å². The van der Waals surface area contributed by atoms with Crippen LogP contribution in [0.2, 0.25) is 0 Å². The van der Waals surface area contributed by atoms with E-state index in [0.717, 1.165) is 46.3 Å². The molecule has 2 aromatic heterocycles. The fourth-order valence-corrected chi connectivity index (χ4v) is 4.19. The van der Waals surface area contributed by atoms with Crippen molar-refractivity contribution in [1.29, 1.82) is 5.26 Å². The molecular formula is C23H20FN5O. The lowest BCUT2D eigenvalue weighted by atomic mass is 9.87.